The summed E-state index contributed by atoms with van der Waals surface area (Å²) < 4.78 is 80.0. The van der Waals surface area contributed by atoms with E-state index < -0.39 is 24.4 Å². The third kappa shape index (κ3) is 4.29. The number of alkyl halides is 6. The molecule has 0 spiro atoms. The standard InChI is InChI=1S/C11H9BrF6O/c1-6(10(13,14)15)9(11(16,17)18)19-8-5-3-2-4-7(8)12/h2-6,9H,1H3. The molecule has 1 aromatic carbocycles. The summed E-state index contributed by atoms with van der Waals surface area (Å²) in [6.07, 6.45) is -13.1. The van der Waals surface area contributed by atoms with Crippen molar-refractivity contribution < 1.29 is 31.1 Å². The smallest absolute Gasteiger partial charge is 0.426 e. The Bertz CT molecular complexity index is 428. The molecule has 1 rings (SSSR count). The molecule has 0 N–H and O–H groups in total. The van der Waals surface area contributed by atoms with Crippen molar-refractivity contribution in [1.29, 1.82) is 0 Å². The van der Waals surface area contributed by atoms with Gasteiger partial charge in [0.25, 0.3) is 0 Å². The van der Waals surface area contributed by atoms with Crippen LogP contribution in [0.2, 0.25) is 0 Å². The average Bonchev–Trinajstić information content (AvgIpc) is 2.24. The van der Waals surface area contributed by atoms with Gasteiger partial charge >= 0.3 is 12.4 Å². The van der Waals surface area contributed by atoms with Crippen LogP contribution in [-0.2, 0) is 0 Å². The number of hydrogen-bond acceptors (Lipinski definition) is 1. The first-order valence-corrected chi connectivity index (χ1v) is 5.87. The van der Waals surface area contributed by atoms with Gasteiger partial charge in [-0.1, -0.05) is 12.1 Å². The molecule has 1 aromatic rings. The summed E-state index contributed by atoms with van der Waals surface area (Å²) in [7, 11) is 0. The first kappa shape index (κ1) is 16.1. The lowest BCUT2D eigenvalue weighted by molar-refractivity contribution is -0.263. The number of hydrogen-bond donors (Lipinski definition) is 0. The van der Waals surface area contributed by atoms with E-state index in [0.717, 1.165) is 6.07 Å². The predicted molar refractivity (Wildman–Crippen MR) is 59.8 cm³/mol. The zero-order chi connectivity index (χ0) is 14.8. The maximum Gasteiger partial charge on any atom is 0.426 e. The van der Waals surface area contributed by atoms with Crippen molar-refractivity contribution >= 4 is 15.9 Å². The lowest BCUT2D eigenvalue weighted by atomic mass is 10.0. The van der Waals surface area contributed by atoms with Gasteiger partial charge in [0.15, 0.2) is 0 Å². The topological polar surface area (TPSA) is 9.23 Å². The van der Waals surface area contributed by atoms with E-state index in [1.165, 1.54) is 18.2 Å². The number of ether oxygens (including phenoxy) is 1. The predicted octanol–water partition coefficient (Wildman–Crippen LogP) is 4.96. The highest BCUT2D eigenvalue weighted by Gasteiger charge is 2.54. The Kier molecular flexibility index (Phi) is 4.76. The van der Waals surface area contributed by atoms with E-state index in [4.69, 9.17) is 0 Å². The van der Waals surface area contributed by atoms with E-state index in [1.807, 2.05) is 0 Å². The third-order valence-corrected chi connectivity index (χ3v) is 3.04. The van der Waals surface area contributed by atoms with Crippen molar-refractivity contribution in [2.75, 3.05) is 0 Å². The maximum absolute atomic E-state index is 12.7. The Morgan fingerprint density at radius 2 is 1.53 bits per heavy atom. The van der Waals surface area contributed by atoms with Crippen LogP contribution in [0.4, 0.5) is 26.3 Å². The normalized spacial score (nSPS) is 16.0. The zero-order valence-corrected chi connectivity index (χ0v) is 11.1. The van der Waals surface area contributed by atoms with E-state index in [2.05, 4.69) is 20.7 Å². The summed E-state index contributed by atoms with van der Waals surface area (Å²) in [5, 5.41) is 0. The highest BCUT2D eigenvalue weighted by Crippen LogP contribution is 2.39. The van der Waals surface area contributed by atoms with Crippen LogP contribution in [0.1, 0.15) is 6.92 Å². The van der Waals surface area contributed by atoms with Crippen LogP contribution in [-0.4, -0.2) is 18.5 Å². The molecular weight excluding hydrogens is 342 g/mol. The van der Waals surface area contributed by atoms with Gasteiger partial charge < -0.3 is 4.74 Å². The Balaban J connectivity index is 3.04. The summed E-state index contributed by atoms with van der Waals surface area (Å²) in [6.45, 7) is 0.439. The zero-order valence-electron chi connectivity index (χ0n) is 9.52. The molecule has 19 heavy (non-hydrogen) atoms. The van der Waals surface area contributed by atoms with Gasteiger partial charge in [-0.3, -0.25) is 0 Å². The van der Waals surface area contributed by atoms with Crippen molar-refractivity contribution in [1.82, 2.24) is 0 Å². The second-order valence-electron chi connectivity index (χ2n) is 3.84. The molecule has 0 fully saturated rings. The molecule has 0 aliphatic carbocycles. The molecule has 0 radical (unpaired) electrons. The van der Waals surface area contributed by atoms with Crippen LogP contribution < -0.4 is 4.74 Å². The fraction of sp³-hybridized carbons (Fsp3) is 0.455. The molecule has 108 valence electrons. The van der Waals surface area contributed by atoms with Gasteiger partial charge in [-0.05, 0) is 35.0 Å². The van der Waals surface area contributed by atoms with Gasteiger partial charge in [0.05, 0.1) is 10.4 Å². The summed E-state index contributed by atoms with van der Waals surface area (Å²) >= 11 is 2.92. The minimum absolute atomic E-state index is 0.152. The molecule has 8 heteroatoms. The lowest BCUT2D eigenvalue weighted by Crippen LogP contribution is -2.45. The molecule has 0 saturated heterocycles. The molecule has 1 nitrogen and oxygen atoms in total. The van der Waals surface area contributed by atoms with Gasteiger partial charge in [0.1, 0.15) is 5.75 Å². The summed E-state index contributed by atoms with van der Waals surface area (Å²) in [5.41, 5.74) is 0. The molecule has 0 aromatic heterocycles. The minimum Gasteiger partial charge on any atom is -0.479 e. The van der Waals surface area contributed by atoms with Crippen molar-refractivity contribution in [3.63, 3.8) is 0 Å². The van der Waals surface area contributed by atoms with Crippen molar-refractivity contribution in [3.8, 4) is 5.75 Å². The fourth-order valence-electron chi connectivity index (χ4n) is 1.30. The first-order chi connectivity index (χ1) is 8.53. The van der Waals surface area contributed by atoms with Gasteiger partial charge in [-0.25, -0.2) is 0 Å². The molecule has 2 unspecified atom stereocenters. The Hall–Kier alpha value is -0.920. The van der Waals surface area contributed by atoms with Crippen molar-refractivity contribution in [2.24, 2.45) is 5.92 Å². The molecule has 0 heterocycles. The molecule has 0 aliphatic rings. The fourth-order valence-corrected chi connectivity index (χ4v) is 1.68. The van der Waals surface area contributed by atoms with Crippen LogP contribution in [0.15, 0.2) is 28.7 Å². The summed E-state index contributed by atoms with van der Waals surface area (Å²) in [5.74, 6) is -2.96. The van der Waals surface area contributed by atoms with Gasteiger partial charge in [0, 0.05) is 0 Å². The molecule has 0 aliphatic heterocycles. The SMILES string of the molecule is CC(C(Oc1ccccc1Br)C(F)(F)F)C(F)(F)F. The second-order valence-corrected chi connectivity index (χ2v) is 4.70. The Labute approximate surface area is 113 Å². The van der Waals surface area contributed by atoms with Crippen LogP contribution in [0, 0.1) is 5.92 Å². The van der Waals surface area contributed by atoms with Gasteiger partial charge in [-0.15, -0.1) is 0 Å². The van der Waals surface area contributed by atoms with E-state index in [1.54, 1.807) is 0 Å². The van der Waals surface area contributed by atoms with Gasteiger partial charge in [0.2, 0.25) is 6.10 Å². The first-order valence-electron chi connectivity index (χ1n) is 5.08. The maximum atomic E-state index is 12.7. The number of benzene rings is 1. The van der Waals surface area contributed by atoms with Crippen LogP contribution in [0.25, 0.3) is 0 Å². The number of para-hydroxylation sites is 1. The highest BCUT2D eigenvalue weighted by atomic mass is 79.9. The Morgan fingerprint density at radius 1 is 1.00 bits per heavy atom. The average molecular weight is 351 g/mol. The highest BCUT2D eigenvalue weighted by molar-refractivity contribution is 9.10. The molecule has 0 saturated carbocycles. The summed E-state index contributed by atoms with van der Waals surface area (Å²) in [4.78, 5) is 0. The van der Waals surface area contributed by atoms with E-state index in [9.17, 15) is 26.3 Å². The largest absolute Gasteiger partial charge is 0.479 e. The number of rotatable bonds is 3. The van der Waals surface area contributed by atoms with Gasteiger partial charge in [-0.2, -0.15) is 26.3 Å². The van der Waals surface area contributed by atoms with Crippen molar-refractivity contribution in [3.05, 3.63) is 28.7 Å². The third-order valence-electron chi connectivity index (χ3n) is 2.38. The second kappa shape index (κ2) is 5.60. The van der Waals surface area contributed by atoms with E-state index in [0.29, 0.717) is 6.92 Å². The summed E-state index contributed by atoms with van der Waals surface area (Å²) in [6, 6.07) is 5.41. The van der Waals surface area contributed by atoms with Crippen molar-refractivity contribution in [2.45, 2.75) is 25.4 Å². The lowest BCUT2D eigenvalue weighted by Gasteiger charge is -2.28. The molecule has 0 amide bonds. The van der Waals surface area contributed by atoms with E-state index >= 15 is 0 Å². The van der Waals surface area contributed by atoms with E-state index in [-0.39, 0.29) is 10.2 Å². The van der Waals surface area contributed by atoms with Crippen LogP contribution >= 0.6 is 15.9 Å². The molecule has 0 bridgehead atoms. The quantitative estimate of drug-likeness (QED) is 0.700. The molecule has 2 atom stereocenters. The Morgan fingerprint density at radius 3 is 1.95 bits per heavy atom. The van der Waals surface area contributed by atoms with Crippen LogP contribution in [0.3, 0.4) is 0 Å². The number of halogens is 7. The van der Waals surface area contributed by atoms with Crippen LogP contribution in [0.5, 0.6) is 5.75 Å². The monoisotopic (exact) mass is 350 g/mol. The molecular formula is C11H9BrF6O. The minimum atomic E-state index is -5.12.